The molecule has 0 fully saturated rings. The first kappa shape index (κ1) is 10.7. The highest BCUT2D eigenvalue weighted by Crippen LogP contribution is 2.45. The summed E-state index contributed by atoms with van der Waals surface area (Å²) in [5.41, 5.74) is 2.15. The molecule has 88 valence electrons. The van der Waals surface area contributed by atoms with Gasteiger partial charge < -0.3 is 9.64 Å². The number of terminal acetylenes is 1. The molecule has 2 aromatic carbocycles. The van der Waals surface area contributed by atoms with Crippen LogP contribution in [0.1, 0.15) is 6.42 Å². The van der Waals surface area contributed by atoms with Gasteiger partial charge in [-0.2, -0.15) is 0 Å². The van der Waals surface area contributed by atoms with Gasteiger partial charge in [-0.1, -0.05) is 24.3 Å². The highest BCUT2D eigenvalue weighted by Gasteiger charge is 2.22. The van der Waals surface area contributed by atoms with Crippen molar-refractivity contribution in [3.63, 3.8) is 0 Å². The lowest BCUT2D eigenvalue weighted by Crippen LogP contribution is -2.21. The first-order chi connectivity index (χ1) is 8.90. The quantitative estimate of drug-likeness (QED) is 0.731. The average molecular weight is 235 g/mol. The van der Waals surface area contributed by atoms with Crippen molar-refractivity contribution < 1.29 is 4.74 Å². The van der Waals surface area contributed by atoms with E-state index in [4.69, 9.17) is 11.2 Å². The minimum absolute atomic E-state index is 0.711. The predicted molar refractivity (Wildman–Crippen MR) is 73.4 cm³/mol. The summed E-state index contributed by atoms with van der Waals surface area (Å²) < 4.78 is 5.89. The first-order valence-electron chi connectivity index (χ1n) is 5.97. The van der Waals surface area contributed by atoms with Crippen LogP contribution < -0.4 is 9.64 Å². The summed E-state index contributed by atoms with van der Waals surface area (Å²) >= 11 is 0. The van der Waals surface area contributed by atoms with Gasteiger partial charge in [0.1, 0.15) is 0 Å². The molecule has 1 heterocycles. The number of ether oxygens (including phenoxy) is 1. The predicted octanol–water partition coefficient (Wildman–Crippen LogP) is 3.95. The van der Waals surface area contributed by atoms with Crippen LogP contribution in [0, 0.1) is 12.3 Å². The van der Waals surface area contributed by atoms with Crippen molar-refractivity contribution >= 4 is 11.4 Å². The summed E-state index contributed by atoms with van der Waals surface area (Å²) in [4.78, 5) is 2.22. The van der Waals surface area contributed by atoms with Gasteiger partial charge in [0.2, 0.25) is 0 Å². The van der Waals surface area contributed by atoms with Gasteiger partial charge in [-0.15, -0.1) is 12.3 Å². The molecule has 0 radical (unpaired) electrons. The lowest BCUT2D eigenvalue weighted by molar-refractivity contribution is 0.473. The molecule has 0 aromatic heterocycles. The van der Waals surface area contributed by atoms with Gasteiger partial charge in [-0.25, -0.2) is 0 Å². The van der Waals surface area contributed by atoms with E-state index in [9.17, 15) is 0 Å². The van der Waals surface area contributed by atoms with Crippen molar-refractivity contribution in [2.45, 2.75) is 6.42 Å². The first-order valence-corrected chi connectivity index (χ1v) is 5.97. The molecular formula is C16H13NO. The average Bonchev–Trinajstić information content (AvgIpc) is 2.43. The number of hydrogen-bond acceptors (Lipinski definition) is 2. The molecule has 0 atom stereocenters. The molecule has 18 heavy (non-hydrogen) atoms. The van der Waals surface area contributed by atoms with Crippen molar-refractivity contribution in [2.24, 2.45) is 0 Å². The van der Waals surface area contributed by atoms with Crippen LogP contribution in [0.2, 0.25) is 0 Å². The molecule has 0 saturated heterocycles. The minimum atomic E-state index is 0.711. The topological polar surface area (TPSA) is 12.5 Å². The molecular weight excluding hydrogens is 222 g/mol. The maximum Gasteiger partial charge on any atom is 0.151 e. The van der Waals surface area contributed by atoms with Gasteiger partial charge >= 0.3 is 0 Å². The van der Waals surface area contributed by atoms with Crippen molar-refractivity contribution in [1.82, 2.24) is 0 Å². The number of hydrogen-bond donors (Lipinski definition) is 0. The molecule has 0 bridgehead atoms. The lowest BCUT2D eigenvalue weighted by Gasteiger charge is -2.32. The van der Waals surface area contributed by atoms with Crippen molar-refractivity contribution in [2.75, 3.05) is 11.4 Å². The molecule has 1 aliphatic rings. The van der Waals surface area contributed by atoms with E-state index in [1.165, 1.54) is 0 Å². The maximum atomic E-state index is 5.89. The Morgan fingerprint density at radius 1 is 0.944 bits per heavy atom. The second-order valence-electron chi connectivity index (χ2n) is 4.14. The van der Waals surface area contributed by atoms with Gasteiger partial charge in [0.15, 0.2) is 11.5 Å². The van der Waals surface area contributed by atoms with E-state index in [1.807, 2.05) is 36.4 Å². The number of nitrogens with zero attached hydrogens (tertiary/aromatic N) is 1. The Morgan fingerprint density at radius 3 is 2.06 bits per heavy atom. The highest BCUT2D eigenvalue weighted by molar-refractivity contribution is 5.77. The zero-order valence-corrected chi connectivity index (χ0v) is 9.97. The molecule has 2 nitrogen and oxygen atoms in total. The molecule has 0 N–H and O–H groups in total. The fourth-order valence-electron chi connectivity index (χ4n) is 2.20. The molecule has 2 heteroatoms. The molecule has 2 aromatic rings. The van der Waals surface area contributed by atoms with Gasteiger partial charge in [0, 0.05) is 13.0 Å². The lowest BCUT2D eigenvalue weighted by atomic mass is 10.1. The molecule has 0 amide bonds. The second-order valence-corrected chi connectivity index (χ2v) is 4.14. The Morgan fingerprint density at radius 2 is 1.50 bits per heavy atom. The molecule has 0 aliphatic carbocycles. The summed E-state index contributed by atoms with van der Waals surface area (Å²) in [6, 6.07) is 16.1. The summed E-state index contributed by atoms with van der Waals surface area (Å²) in [6.45, 7) is 0.799. The van der Waals surface area contributed by atoms with E-state index in [0.29, 0.717) is 6.42 Å². The third-order valence-corrected chi connectivity index (χ3v) is 3.01. The summed E-state index contributed by atoms with van der Waals surface area (Å²) in [6.07, 6.45) is 6.09. The van der Waals surface area contributed by atoms with Crippen molar-refractivity contribution in [1.29, 1.82) is 0 Å². The Bertz CT molecular complexity index is 567. The molecule has 0 saturated carbocycles. The van der Waals surface area contributed by atoms with Gasteiger partial charge in [0.05, 0.1) is 11.4 Å². The van der Waals surface area contributed by atoms with E-state index < -0.39 is 0 Å². The fraction of sp³-hybridized carbons (Fsp3) is 0.125. The largest absolute Gasteiger partial charge is 0.453 e. The Balaban J connectivity index is 2.09. The standard InChI is InChI=1S/C16H13NO/c1-2-3-12-17-13-8-4-6-10-15(13)18-16-11-7-5-9-14(16)17/h1,4-11H,3,12H2. The van der Waals surface area contributed by atoms with Crippen LogP contribution >= 0.6 is 0 Å². The SMILES string of the molecule is C#CCCN1c2ccccc2Oc2ccccc21. The second kappa shape index (κ2) is 4.46. The number of rotatable bonds is 2. The van der Waals surface area contributed by atoms with Gasteiger partial charge in [0.25, 0.3) is 0 Å². The van der Waals surface area contributed by atoms with Crippen LogP contribution in [0.15, 0.2) is 48.5 Å². The molecule has 0 unspecified atom stereocenters. The van der Waals surface area contributed by atoms with E-state index in [1.54, 1.807) is 0 Å². The summed E-state index contributed by atoms with van der Waals surface area (Å²) in [7, 11) is 0. The third-order valence-electron chi connectivity index (χ3n) is 3.01. The highest BCUT2D eigenvalue weighted by atomic mass is 16.5. The molecule has 0 spiro atoms. The van der Waals surface area contributed by atoms with Crippen molar-refractivity contribution in [3.05, 3.63) is 48.5 Å². The van der Waals surface area contributed by atoms with E-state index in [2.05, 4.69) is 23.0 Å². The van der Waals surface area contributed by atoms with Crippen LogP contribution in [-0.2, 0) is 0 Å². The monoisotopic (exact) mass is 235 g/mol. The van der Waals surface area contributed by atoms with Crippen LogP contribution in [0.3, 0.4) is 0 Å². The summed E-state index contributed by atoms with van der Waals surface area (Å²) in [5.74, 6) is 4.46. The smallest absolute Gasteiger partial charge is 0.151 e. The normalized spacial score (nSPS) is 12.1. The zero-order valence-electron chi connectivity index (χ0n) is 9.97. The summed E-state index contributed by atoms with van der Waals surface area (Å²) in [5, 5.41) is 0. The molecule has 1 aliphatic heterocycles. The Labute approximate surface area is 107 Å². The minimum Gasteiger partial charge on any atom is -0.453 e. The Hall–Kier alpha value is -2.40. The number of benzene rings is 2. The number of fused-ring (bicyclic) bond motifs is 2. The van der Waals surface area contributed by atoms with Crippen LogP contribution in [0.5, 0.6) is 11.5 Å². The number of anilines is 2. The van der Waals surface area contributed by atoms with Crippen LogP contribution in [0.4, 0.5) is 11.4 Å². The van der Waals surface area contributed by atoms with E-state index in [0.717, 1.165) is 29.4 Å². The van der Waals surface area contributed by atoms with Crippen LogP contribution in [-0.4, -0.2) is 6.54 Å². The zero-order chi connectivity index (χ0) is 12.4. The van der Waals surface area contributed by atoms with Gasteiger partial charge in [-0.3, -0.25) is 0 Å². The maximum absolute atomic E-state index is 5.89. The van der Waals surface area contributed by atoms with Crippen LogP contribution in [0.25, 0.3) is 0 Å². The Kier molecular flexibility index (Phi) is 2.66. The number of para-hydroxylation sites is 4. The fourth-order valence-corrected chi connectivity index (χ4v) is 2.20. The third kappa shape index (κ3) is 1.70. The van der Waals surface area contributed by atoms with Gasteiger partial charge in [-0.05, 0) is 24.3 Å². The van der Waals surface area contributed by atoms with E-state index >= 15 is 0 Å². The molecule has 3 rings (SSSR count). The van der Waals surface area contributed by atoms with E-state index in [-0.39, 0.29) is 0 Å². The van der Waals surface area contributed by atoms with Crippen molar-refractivity contribution in [3.8, 4) is 23.8 Å².